The Bertz CT molecular complexity index is 693. The van der Waals surface area contributed by atoms with E-state index in [1.807, 2.05) is 45.9 Å². The van der Waals surface area contributed by atoms with E-state index in [0.29, 0.717) is 5.17 Å². The highest BCUT2D eigenvalue weighted by molar-refractivity contribution is 8.15. The molecule has 0 aliphatic carbocycles. The summed E-state index contributed by atoms with van der Waals surface area (Å²) in [5.41, 5.74) is 3.63. The number of amidine groups is 1. The zero-order chi connectivity index (χ0) is 17.0. The van der Waals surface area contributed by atoms with Gasteiger partial charge in [0.1, 0.15) is 5.25 Å². The normalized spacial score (nSPS) is 18.7. The molecular formula is C16H20N4O2S. The lowest BCUT2D eigenvalue weighted by molar-refractivity contribution is -0.122. The molecule has 6 nitrogen and oxygen atoms in total. The summed E-state index contributed by atoms with van der Waals surface area (Å²) in [6.07, 6.45) is 0.0950. The largest absolute Gasteiger partial charge is 0.326 e. The van der Waals surface area contributed by atoms with Crippen molar-refractivity contribution in [3.63, 3.8) is 0 Å². The number of rotatable bonds is 4. The van der Waals surface area contributed by atoms with E-state index in [2.05, 4.69) is 20.8 Å². The second kappa shape index (κ2) is 7.41. The number of carbonyl (C=O) groups excluding carboxylic acids is 2. The van der Waals surface area contributed by atoms with Crippen LogP contribution in [0.3, 0.4) is 0 Å². The lowest BCUT2D eigenvalue weighted by atomic mass is 10.1. The van der Waals surface area contributed by atoms with Gasteiger partial charge in [-0.3, -0.25) is 9.59 Å². The first-order chi connectivity index (χ1) is 10.8. The van der Waals surface area contributed by atoms with Crippen molar-refractivity contribution < 1.29 is 9.59 Å². The molecule has 2 rings (SSSR count). The van der Waals surface area contributed by atoms with Gasteiger partial charge in [-0.25, -0.2) is 0 Å². The summed E-state index contributed by atoms with van der Waals surface area (Å²) in [5, 5.41) is 13.3. The van der Waals surface area contributed by atoms with Gasteiger partial charge in [0.15, 0.2) is 5.17 Å². The average molecular weight is 332 g/mol. The van der Waals surface area contributed by atoms with E-state index in [1.54, 1.807) is 0 Å². The third-order valence-corrected chi connectivity index (χ3v) is 4.23. The molecule has 0 unspecified atom stereocenters. The SMILES string of the molecule is CC(C)=N/N=C1\NC(=O)[C@@H](CC(=O)Nc2cc(C)ccc2C)S1. The van der Waals surface area contributed by atoms with Gasteiger partial charge < -0.3 is 10.6 Å². The Morgan fingerprint density at radius 2 is 2.09 bits per heavy atom. The highest BCUT2D eigenvalue weighted by Crippen LogP contribution is 2.24. The fraction of sp³-hybridized carbons (Fsp3) is 0.375. The maximum absolute atomic E-state index is 12.2. The Balaban J connectivity index is 1.98. The Kier molecular flexibility index (Phi) is 5.54. The third-order valence-electron chi connectivity index (χ3n) is 3.16. The van der Waals surface area contributed by atoms with Crippen molar-refractivity contribution in [3.05, 3.63) is 29.3 Å². The first-order valence-corrected chi connectivity index (χ1v) is 8.16. The van der Waals surface area contributed by atoms with E-state index in [9.17, 15) is 9.59 Å². The van der Waals surface area contributed by atoms with Crippen LogP contribution in [0.15, 0.2) is 28.4 Å². The predicted molar refractivity (Wildman–Crippen MR) is 94.9 cm³/mol. The van der Waals surface area contributed by atoms with Crippen LogP contribution in [0.1, 0.15) is 31.4 Å². The molecule has 1 aromatic rings. The minimum Gasteiger partial charge on any atom is -0.326 e. The summed E-state index contributed by atoms with van der Waals surface area (Å²) >= 11 is 1.23. The summed E-state index contributed by atoms with van der Waals surface area (Å²) in [6, 6.07) is 5.86. The number of nitrogens with zero attached hydrogens (tertiary/aromatic N) is 2. The van der Waals surface area contributed by atoms with Crippen LogP contribution < -0.4 is 10.6 Å². The van der Waals surface area contributed by atoms with Crippen molar-refractivity contribution >= 4 is 40.1 Å². The van der Waals surface area contributed by atoms with Crippen LogP contribution in [-0.2, 0) is 9.59 Å². The lowest BCUT2D eigenvalue weighted by Gasteiger charge is -2.10. The molecule has 1 aliphatic rings. The van der Waals surface area contributed by atoms with Crippen LogP contribution in [0, 0.1) is 13.8 Å². The number of hydrogen-bond acceptors (Lipinski definition) is 5. The highest BCUT2D eigenvalue weighted by Gasteiger charge is 2.32. The molecule has 0 spiro atoms. The molecule has 7 heteroatoms. The number of aryl methyl sites for hydroxylation is 2. The predicted octanol–water partition coefficient (Wildman–Crippen LogP) is 2.62. The molecule has 2 amide bonds. The topological polar surface area (TPSA) is 82.9 Å². The monoisotopic (exact) mass is 332 g/mol. The summed E-state index contributed by atoms with van der Waals surface area (Å²) in [7, 11) is 0. The number of carbonyl (C=O) groups is 2. The number of nitrogens with one attached hydrogen (secondary N) is 2. The van der Waals surface area contributed by atoms with E-state index in [4.69, 9.17) is 0 Å². The van der Waals surface area contributed by atoms with Crippen molar-refractivity contribution in [2.24, 2.45) is 10.2 Å². The molecule has 2 N–H and O–H groups in total. The summed E-state index contributed by atoms with van der Waals surface area (Å²) in [6.45, 7) is 7.54. The number of benzene rings is 1. The number of thioether (sulfide) groups is 1. The van der Waals surface area contributed by atoms with Crippen LogP contribution in [0.25, 0.3) is 0 Å². The van der Waals surface area contributed by atoms with E-state index < -0.39 is 5.25 Å². The van der Waals surface area contributed by atoms with Gasteiger partial charge >= 0.3 is 0 Å². The molecule has 1 atom stereocenters. The molecule has 0 bridgehead atoms. The second-order valence-corrected chi connectivity index (χ2v) is 6.81. The van der Waals surface area contributed by atoms with Gasteiger partial charge in [0, 0.05) is 17.8 Å². The molecule has 1 aromatic carbocycles. The van der Waals surface area contributed by atoms with Crippen molar-refractivity contribution in [2.75, 3.05) is 5.32 Å². The summed E-state index contributed by atoms with van der Waals surface area (Å²) in [5.74, 6) is -0.406. The smallest absolute Gasteiger partial charge is 0.240 e. The average Bonchev–Trinajstić information content (AvgIpc) is 2.81. The maximum Gasteiger partial charge on any atom is 0.240 e. The molecule has 1 saturated heterocycles. The van der Waals surface area contributed by atoms with Crippen molar-refractivity contribution in [1.82, 2.24) is 5.32 Å². The van der Waals surface area contributed by atoms with E-state index in [0.717, 1.165) is 22.5 Å². The molecule has 1 heterocycles. The fourth-order valence-electron chi connectivity index (χ4n) is 1.97. The van der Waals surface area contributed by atoms with Crippen LogP contribution in [-0.4, -0.2) is 27.9 Å². The van der Waals surface area contributed by atoms with Crippen LogP contribution in [0.2, 0.25) is 0 Å². The molecule has 0 radical (unpaired) electrons. The third kappa shape index (κ3) is 4.92. The zero-order valence-electron chi connectivity index (χ0n) is 13.6. The second-order valence-electron chi connectivity index (χ2n) is 5.62. The zero-order valence-corrected chi connectivity index (χ0v) is 14.5. The molecular weight excluding hydrogens is 312 g/mol. The van der Waals surface area contributed by atoms with Crippen LogP contribution in [0.4, 0.5) is 5.69 Å². The Morgan fingerprint density at radius 1 is 1.35 bits per heavy atom. The number of amides is 2. The Labute approximate surface area is 139 Å². The highest BCUT2D eigenvalue weighted by atomic mass is 32.2. The quantitative estimate of drug-likeness (QED) is 0.657. The lowest BCUT2D eigenvalue weighted by Crippen LogP contribution is -2.28. The molecule has 0 saturated carbocycles. The van der Waals surface area contributed by atoms with Gasteiger partial charge in [-0.1, -0.05) is 23.9 Å². The Morgan fingerprint density at radius 3 is 2.78 bits per heavy atom. The van der Waals surface area contributed by atoms with E-state index in [1.165, 1.54) is 11.8 Å². The molecule has 1 aliphatic heterocycles. The molecule has 122 valence electrons. The van der Waals surface area contributed by atoms with Crippen LogP contribution >= 0.6 is 11.8 Å². The van der Waals surface area contributed by atoms with Gasteiger partial charge in [0.25, 0.3) is 0 Å². The van der Waals surface area contributed by atoms with E-state index in [-0.39, 0.29) is 18.2 Å². The molecule has 1 fully saturated rings. The van der Waals surface area contributed by atoms with Crippen molar-refractivity contribution in [2.45, 2.75) is 39.4 Å². The number of hydrogen-bond donors (Lipinski definition) is 2. The Hall–Kier alpha value is -2.15. The summed E-state index contributed by atoms with van der Waals surface area (Å²) < 4.78 is 0. The summed E-state index contributed by atoms with van der Waals surface area (Å²) in [4.78, 5) is 24.1. The van der Waals surface area contributed by atoms with Gasteiger partial charge in [0.2, 0.25) is 11.8 Å². The van der Waals surface area contributed by atoms with Crippen molar-refractivity contribution in [3.8, 4) is 0 Å². The van der Waals surface area contributed by atoms with Gasteiger partial charge in [-0.15, -0.1) is 5.10 Å². The van der Waals surface area contributed by atoms with Gasteiger partial charge in [-0.05, 0) is 44.9 Å². The fourth-order valence-corrected chi connectivity index (χ4v) is 2.89. The minimum absolute atomic E-state index is 0.0950. The van der Waals surface area contributed by atoms with E-state index >= 15 is 0 Å². The first kappa shape index (κ1) is 17.2. The minimum atomic E-state index is -0.480. The van der Waals surface area contributed by atoms with Gasteiger partial charge in [-0.2, -0.15) is 5.10 Å². The van der Waals surface area contributed by atoms with Crippen LogP contribution in [0.5, 0.6) is 0 Å². The molecule has 23 heavy (non-hydrogen) atoms. The number of anilines is 1. The maximum atomic E-state index is 12.2. The van der Waals surface area contributed by atoms with Gasteiger partial charge in [0.05, 0.1) is 0 Å². The standard InChI is InChI=1S/C16H20N4O2S/c1-9(2)19-20-16-18-15(22)13(23-16)8-14(21)17-12-7-10(3)5-6-11(12)4/h5-7,13H,8H2,1-4H3,(H,17,21)(H,18,20,22)/t13-/m1/s1. The molecule has 0 aromatic heterocycles. The van der Waals surface area contributed by atoms with Crippen molar-refractivity contribution in [1.29, 1.82) is 0 Å². The first-order valence-electron chi connectivity index (χ1n) is 7.28.